The van der Waals surface area contributed by atoms with Gasteiger partial charge in [-0.1, -0.05) is 37.4 Å². The lowest BCUT2D eigenvalue weighted by molar-refractivity contribution is 0.102. The number of nitrogens with one attached hydrogen (secondary N) is 1. The van der Waals surface area contributed by atoms with Crippen LogP contribution >= 0.6 is 11.5 Å². The molecule has 0 bridgehead atoms. The molecule has 2 aromatic rings. The molecule has 0 aliphatic rings. The number of nitrogen functional groups attached to an aromatic ring is 1. The molecule has 1 aromatic heterocycles. The normalized spacial score (nSPS) is 11.3. The largest absolute Gasteiger partial charge is 0.397 e. The Morgan fingerprint density at radius 1 is 1.32 bits per heavy atom. The van der Waals surface area contributed by atoms with Gasteiger partial charge in [-0.15, -0.1) is 5.10 Å². The highest BCUT2D eigenvalue weighted by Crippen LogP contribution is 2.27. The van der Waals surface area contributed by atoms with E-state index in [1.54, 1.807) is 12.1 Å². The van der Waals surface area contributed by atoms with Crippen LogP contribution in [0.5, 0.6) is 0 Å². The summed E-state index contributed by atoms with van der Waals surface area (Å²) in [4.78, 5) is 12.8. The van der Waals surface area contributed by atoms with Crippen LogP contribution in [-0.2, 0) is 5.41 Å². The van der Waals surface area contributed by atoms with Crippen molar-refractivity contribution in [3.05, 3.63) is 34.8 Å². The first-order chi connectivity index (χ1) is 8.89. The van der Waals surface area contributed by atoms with E-state index in [-0.39, 0.29) is 11.3 Å². The molecular weight excluding hydrogens is 260 g/mol. The van der Waals surface area contributed by atoms with Crippen molar-refractivity contribution in [2.75, 3.05) is 11.1 Å². The van der Waals surface area contributed by atoms with Gasteiger partial charge in [0.05, 0.1) is 17.1 Å². The number of hydrogen-bond acceptors (Lipinski definition) is 5. The first-order valence-electron chi connectivity index (χ1n) is 5.88. The standard InChI is InChI=1S/C13H16N4OS/c1-13(2,3)11-10(19-17-16-11)12(18)15-9-7-5-4-6-8(9)14/h4-7H,14H2,1-3H3,(H,15,18). The van der Waals surface area contributed by atoms with Gasteiger partial charge in [0.1, 0.15) is 4.88 Å². The van der Waals surface area contributed by atoms with Crippen molar-refractivity contribution >= 4 is 28.8 Å². The molecule has 1 heterocycles. The Morgan fingerprint density at radius 3 is 2.63 bits per heavy atom. The molecule has 0 unspecified atom stereocenters. The van der Waals surface area contributed by atoms with Gasteiger partial charge in [-0.25, -0.2) is 0 Å². The Balaban J connectivity index is 2.27. The molecule has 0 aliphatic carbocycles. The maximum atomic E-state index is 12.3. The van der Waals surface area contributed by atoms with E-state index < -0.39 is 0 Å². The van der Waals surface area contributed by atoms with E-state index >= 15 is 0 Å². The minimum absolute atomic E-state index is 0.220. The second-order valence-electron chi connectivity index (χ2n) is 5.24. The van der Waals surface area contributed by atoms with Gasteiger partial charge in [-0.3, -0.25) is 4.79 Å². The average molecular weight is 276 g/mol. The third-order valence-corrected chi connectivity index (χ3v) is 3.34. The fourth-order valence-corrected chi connectivity index (χ4v) is 2.39. The molecule has 5 nitrogen and oxygen atoms in total. The number of anilines is 2. The summed E-state index contributed by atoms with van der Waals surface area (Å²) in [6, 6.07) is 7.14. The van der Waals surface area contributed by atoms with Crippen LogP contribution in [0.15, 0.2) is 24.3 Å². The molecule has 0 saturated carbocycles. The summed E-state index contributed by atoms with van der Waals surface area (Å²) in [5.41, 5.74) is 7.41. The maximum Gasteiger partial charge on any atom is 0.269 e. The van der Waals surface area contributed by atoms with Gasteiger partial charge in [-0.2, -0.15) is 0 Å². The summed E-state index contributed by atoms with van der Waals surface area (Å²) >= 11 is 1.10. The number of rotatable bonds is 2. The molecule has 0 radical (unpaired) electrons. The number of hydrogen-bond donors (Lipinski definition) is 2. The van der Waals surface area contributed by atoms with Crippen LogP contribution in [0.1, 0.15) is 36.1 Å². The number of carbonyl (C=O) groups is 1. The number of nitrogens with two attached hydrogens (primary N) is 1. The number of aromatic nitrogens is 2. The highest BCUT2D eigenvalue weighted by atomic mass is 32.1. The number of para-hydroxylation sites is 2. The Labute approximate surface area is 116 Å². The predicted molar refractivity (Wildman–Crippen MR) is 77.4 cm³/mol. The first kappa shape index (κ1) is 13.5. The van der Waals surface area contributed by atoms with Gasteiger partial charge in [0.15, 0.2) is 0 Å². The minimum atomic E-state index is -0.224. The van der Waals surface area contributed by atoms with Crippen molar-refractivity contribution in [2.45, 2.75) is 26.2 Å². The van der Waals surface area contributed by atoms with E-state index in [9.17, 15) is 4.79 Å². The van der Waals surface area contributed by atoms with E-state index in [0.29, 0.717) is 21.9 Å². The van der Waals surface area contributed by atoms with Crippen molar-refractivity contribution in [1.82, 2.24) is 9.59 Å². The summed E-state index contributed by atoms with van der Waals surface area (Å²) in [6.45, 7) is 5.99. The second-order valence-corrected chi connectivity index (χ2v) is 6.00. The van der Waals surface area contributed by atoms with Gasteiger partial charge in [-0.05, 0) is 23.7 Å². The van der Waals surface area contributed by atoms with E-state index in [4.69, 9.17) is 5.73 Å². The summed E-state index contributed by atoms with van der Waals surface area (Å²) < 4.78 is 3.87. The minimum Gasteiger partial charge on any atom is -0.397 e. The van der Waals surface area contributed by atoms with Crippen molar-refractivity contribution in [3.63, 3.8) is 0 Å². The van der Waals surface area contributed by atoms with Crippen molar-refractivity contribution in [3.8, 4) is 0 Å². The molecule has 6 heteroatoms. The molecule has 0 saturated heterocycles. The quantitative estimate of drug-likeness (QED) is 0.826. The zero-order valence-electron chi connectivity index (χ0n) is 11.1. The zero-order chi connectivity index (χ0) is 14.0. The van der Waals surface area contributed by atoms with E-state index in [0.717, 1.165) is 11.5 Å². The van der Waals surface area contributed by atoms with Crippen molar-refractivity contribution in [2.24, 2.45) is 0 Å². The molecular formula is C13H16N4OS. The van der Waals surface area contributed by atoms with Gasteiger partial charge < -0.3 is 11.1 Å². The fraction of sp³-hybridized carbons (Fsp3) is 0.308. The molecule has 1 amide bonds. The molecule has 1 aromatic carbocycles. The third kappa shape index (κ3) is 2.90. The first-order valence-corrected chi connectivity index (χ1v) is 6.65. The lowest BCUT2D eigenvalue weighted by atomic mass is 9.91. The molecule has 100 valence electrons. The SMILES string of the molecule is CC(C)(C)c1nnsc1C(=O)Nc1ccccc1N. The Hall–Kier alpha value is -1.95. The lowest BCUT2D eigenvalue weighted by Crippen LogP contribution is -2.20. The zero-order valence-corrected chi connectivity index (χ0v) is 11.9. The predicted octanol–water partition coefficient (Wildman–Crippen LogP) is 2.67. The maximum absolute atomic E-state index is 12.3. The highest BCUT2D eigenvalue weighted by Gasteiger charge is 2.26. The third-order valence-electron chi connectivity index (χ3n) is 2.61. The number of amides is 1. The number of nitrogens with zero attached hydrogens (tertiary/aromatic N) is 2. The summed E-state index contributed by atoms with van der Waals surface area (Å²) in [5.74, 6) is -0.224. The average Bonchev–Trinajstić information content (AvgIpc) is 2.81. The molecule has 0 aliphatic heterocycles. The van der Waals surface area contributed by atoms with Gasteiger partial charge >= 0.3 is 0 Å². The van der Waals surface area contributed by atoms with Crippen LogP contribution in [0.4, 0.5) is 11.4 Å². The monoisotopic (exact) mass is 276 g/mol. The summed E-state index contributed by atoms with van der Waals surface area (Å²) in [7, 11) is 0. The van der Waals surface area contributed by atoms with Crippen LogP contribution in [0.3, 0.4) is 0 Å². The molecule has 19 heavy (non-hydrogen) atoms. The van der Waals surface area contributed by atoms with E-state index in [1.807, 2.05) is 32.9 Å². The van der Waals surface area contributed by atoms with E-state index in [2.05, 4.69) is 14.9 Å². The van der Waals surface area contributed by atoms with Crippen LogP contribution in [0.2, 0.25) is 0 Å². The van der Waals surface area contributed by atoms with Gasteiger partial charge in [0.25, 0.3) is 5.91 Å². The Morgan fingerprint density at radius 2 is 2.00 bits per heavy atom. The second kappa shape index (κ2) is 4.97. The van der Waals surface area contributed by atoms with Gasteiger partial charge in [0.2, 0.25) is 0 Å². The molecule has 0 atom stereocenters. The van der Waals surface area contributed by atoms with Gasteiger partial charge in [0, 0.05) is 5.41 Å². The number of benzene rings is 1. The number of carbonyl (C=O) groups excluding carboxylic acids is 1. The molecule has 0 fully saturated rings. The lowest BCUT2D eigenvalue weighted by Gasteiger charge is -2.16. The summed E-state index contributed by atoms with van der Waals surface area (Å²) in [6.07, 6.45) is 0. The van der Waals surface area contributed by atoms with Crippen LogP contribution < -0.4 is 11.1 Å². The van der Waals surface area contributed by atoms with E-state index in [1.165, 1.54) is 0 Å². The van der Waals surface area contributed by atoms with Crippen LogP contribution in [-0.4, -0.2) is 15.5 Å². The van der Waals surface area contributed by atoms with Crippen LogP contribution in [0, 0.1) is 0 Å². The summed E-state index contributed by atoms with van der Waals surface area (Å²) in [5, 5.41) is 6.84. The topological polar surface area (TPSA) is 80.9 Å². The van der Waals surface area contributed by atoms with Crippen molar-refractivity contribution in [1.29, 1.82) is 0 Å². The molecule has 2 rings (SSSR count). The molecule has 3 N–H and O–H groups in total. The Bertz CT molecular complexity index is 601. The van der Waals surface area contributed by atoms with Crippen molar-refractivity contribution < 1.29 is 4.79 Å². The fourth-order valence-electron chi connectivity index (χ4n) is 1.62. The Kier molecular flexibility index (Phi) is 3.53. The molecule has 0 spiro atoms. The smallest absolute Gasteiger partial charge is 0.269 e. The van der Waals surface area contributed by atoms with Crippen LogP contribution in [0.25, 0.3) is 0 Å². The highest BCUT2D eigenvalue weighted by molar-refractivity contribution is 7.08.